The van der Waals surface area contributed by atoms with Crippen LogP contribution in [0, 0.1) is 11.6 Å². The van der Waals surface area contributed by atoms with Gasteiger partial charge in [0, 0.05) is 18.1 Å². The Kier molecular flexibility index (Phi) is 1.92. The summed E-state index contributed by atoms with van der Waals surface area (Å²) in [6, 6.07) is 1.85. The van der Waals surface area contributed by atoms with Crippen molar-refractivity contribution in [2.24, 2.45) is 0 Å². The molecule has 1 aliphatic rings. The second-order valence-corrected chi connectivity index (χ2v) is 2.96. The molecule has 2 nitrogen and oxygen atoms in total. The van der Waals surface area contributed by atoms with E-state index >= 15 is 0 Å². The van der Waals surface area contributed by atoms with Gasteiger partial charge in [-0.25, -0.2) is 8.78 Å². The lowest BCUT2D eigenvalue weighted by atomic mass is 10.0. The molecular formula is C9H8F2O2. The number of aliphatic hydroxyl groups excluding tert-OH is 1. The smallest absolute Gasteiger partial charge is 0.168 e. The zero-order valence-corrected chi connectivity index (χ0v) is 6.76. The zero-order chi connectivity index (χ0) is 9.42. The van der Waals surface area contributed by atoms with Crippen molar-refractivity contribution < 1.29 is 18.6 Å². The molecule has 0 radical (unpaired) electrons. The monoisotopic (exact) mass is 186 g/mol. The van der Waals surface area contributed by atoms with Crippen LogP contribution in [-0.4, -0.2) is 11.7 Å². The molecule has 70 valence electrons. The number of hydrogen-bond donors (Lipinski definition) is 1. The summed E-state index contributed by atoms with van der Waals surface area (Å²) >= 11 is 0. The SMILES string of the molecule is O[C@@H]1CCOc2c(F)cc(F)cc21. The highest BCUT2D eigenvalue weighted by Gasteiger charge is 2.23. The Morgan fingerprint density at radius 1 is 1.38 bits per heavy atom. The second-order valence-electron chi connectivity index (χ2n) is 2.96. The molecule has 1 aromatic carbocycles. The number of hydrogen-bond acceptors (Lipinski definition) is 2. The van der Waals surface area contributed by atoms with E-state index in [2.05, 4.69) is 0 Å². The van der Waals surface area contributed by atoms with Gasteiger partial charge in [-0.05, 0) is 6.07 Å². The van der Waals surface area contributed by atoms with Gasteiger partial charge in [0.1, 0.15) is 5.82 Å². The van der Waals surface area contributed by atoms with Gasteiger partial charge in [-0.15, -0.1) is 0 Å². The molecule has 0 spiro atoms. The van der Waals surface area contributed by atoms with Crippen molar-refractivity contribution in [3.63, 3.8) is 0 Å². The molecule has 0 unspecified atom stereocenters. The molecule has 4 heteroatoms. The third kappa shape index (κ3) is 1.37. The molecule has 1 atom stereocenters. The average molecular weight is 186 g/mol. The van der Waals surface area contributed by atoms with Gasteiger partial charge in [-0.2, -0.15) is 0 Å². The minimum atomic E-state index is -0.825. The number of aliphatic hydroxyl groups is 1. The van der Waals surface area contributed by atoms with Crippen LogP contribution in [0.1, 0.15) is 18.1 Å². The minimum Gasteiger partial charge on any atom is -0.490 e. The maximum absolute atomic E-state index is 13.0. The molecule has 13 heavy (non-hydrogen) atoms. The molecule has 2 rings (SSSR count). The zero-order valence-electron chi connectivity index (χ0n) is 6.76. The van der Waals surface area contributed by atoms with Crippen molar-refractivity contribution in [3.8, 4) is 5.75 Å². The van der Waals surface area contributed by atoms with E-state index in [1.165, 1.54) is 0 Å². The first-order chi connectivity index (χ1) is 6.18. The lowest BCUT2D eigenvalue weighted by Gasteiger charge is -2.22. The fraction of sp³-hybridized carbons (Fsp3) is 0.333. The summed E-state index contributed by atoms with van der Waals surface area (Å²) in [5.41, 5.74) is 0.198. The van der Waals surface area contributed by atoms with Crippen molar-refractivity contribution in [2.45, 2.75) is 12.5 Å². The maximum atomic E-state index is 13.0. The second kappa shape index (κ2) is 2.96. The minimum absolute atomic E-state index is 0.0276. The molecule has 0 saturated heterocycles. The van der Waals surface area contributed by atoms with Gasteiger partial charge in [0.15, 0.2) is 11.6 Å². The van der Waals surface area contributed by atoms with Crippen molar-refractivity contribution >= 4 is 0 Å². The summed E-state index contributed by atoms with van der Waals surface area (Å²) < 4.78 is 30.7. The van der Waals surface area contributed by atoms with Crippen LogP contribution < -0.4 is 4.74 Å². The van der Waals surface area contributed by atoms with Crippen LogP contribution in [0.3, 0.4) is 0 Å². The van der Waals surface area contributed by atoms with Crippen LogP contribution in [0.2, 0.25) is 0 Å². The highest BCUT2D eigenvalue weighted by Crippen LogP contribution is 2.34. The third-order valence-electron chi connectivity index (χ3n) is 2.03. The number of benzene rings is 1. The first kappa shape index (κ1) is 8.44. The fourth-order valence-electron chi connectivity index (χ4n) is 1.41. The highest BCUT2D eigenvalue weighted by atomic mass is 19.1. The van der Waals surface area contributed by atoms with Crippen LogP contribution in [0.4, 0.5) is 8.78 Å². The van der Waals surface area contributed by atoms with Crippen LogP contribution in [0.5, 0.6) is 5.75 Å². The predicted octanol–water partition coefficient (Wildman–Crippen LogP) is 1.78. The van der Waals surface area contributed by atoms with Crippen LogP contribution in [-0.2, 0) is 0 Å². The number of rotatable bonds is 0. The lowest BCUT2D eigenvalue weighted by Crippen LogP contribution is -2.15. The fourth-order valence-corrected chi connectivity index (χ4v) is 1.41. The normalized spacial score (nSPS) is 20.7. The van der Waals surface area contributed by atoms with Crippen molar-refractivity contribution in [1.82, 2.24) is 0 Å². The van der Waals surface area contributed by atoms with Crippen LogP contribution >= 0.6 is 0 Å². The van der Waals surface area contributed by atoms with E-state index in [1.54, 1.807) is 0 Å². The van der Waals surface area contributed by atoms with E-state index in [4.69, 9.17) is 4.74 Å². The van der Waals surface area contributed by atoms with E-state index in [-0.39, 0.29) is 17.9 Å². The van der Waals surface area contributed by atoms with Gasteiger partial charge in [0.2, 0.25) is 0 Å². The summed E-state index contributed by atoms with van der Waals surface area (Å²) in [7, 11) is 0. The van der Waals surface area contributed by atoms with E-state index in [0.717, 1.165) is 12.1 Å². The summed E-state index contributed by atoms with van der Waals surface area (Å²) in [6.45, 7) is 0.261. The predicted molar refractivity (Wildman–Crippen MR) is 41.4 cm³/mol. The summed E-state index contributed by atoms with van der Waals surface area (Å²) in [5, 5.41) is 9.40. The van der Waals surface area contributed by atoms with Crippen molar-refractivity contribution in [2.75, 3.05) is 6.61 Å². The lowest BCUT2D eigenvalue weighted by molar-refractivity contribution is 0.111. The molecule has 0 saturated carbocycles. The van der Waals surface area contributed by atoms with E-state index < -0.39 is 17.7 Å². The Balaban J connectivity index is 2.56. The molecule has 0 bridgehead atoms. The molecule has 0 aliphatic carbocycles. The first-order valence-corrected chi connectivity index (χ1v) is 3.98. The largest absolute Gasteiger partial charge is 0.490 e. The van der Waals surface area contributed by atoms with E-state index in [0.29, 0.717) is 6.42 Å². The molecule has 1 aromatic rings. The van der Waals surface area contributed by atoms with E-state index in [9.17, 15) is 13.9 Å². The Morgan fingerprint density at radius 3 is 2.92 bits per heavy atom. The van der Waals surface area contributed by atoms with Crippen LogP contribution in [0.15, 0.2) is 12.1 Å². The Morgan fingerprint density at radius 2 is 2.15 bits per heavy atom. The molecule has 0 fully saturated rings. The summed E-state index contributed by atoms with van der Waals surface area (Å²) in [6.07, 6.45) is -0.454. The summed E-state index contributed by atoms with van der Waals surface area (Å²) in [5.74, 6) is -1.48. The van der Waals surface area contributed by atoms with Gasteiger partial charge < -0.3 is 9.84 Å². The highest BCUT2D eigenvalue weighted by molar-refractivity contribution is 5.38. The average Bonchev–Trinajstić information content (AvgIpc) is 2.07. The first-order valence-electron chi connectivity index (χ1n) is 3.98. The number of ether oxygens (including phenoxy) is 1. The third-order valence-corrected chi connectivity index (χ3v) is 2.03. The van der Waals surface area contributed by atoms with Gasteiger partial charge >= 0.3 is 0 Å². The molecule has 0 amide bonds. The molecular weight excluding hydrogens is 178 g/mol. The van der Waals surface area contributed by atoms with Crippen molar-refractivity contribution in [1.29, 1.82) is 0 Å². The molecule has 1 heterocycles. The van der Waals surface area contributed by atoms with Gasteiger partial charge in [-0.3, -0.25) is 0 Å². The quantitative estimate of drug-likeness (QED) is 0.669. The van der Waals surface area contributed by atoms with Gasteiger partial charge in [0.05, 0.1) is 12.7 Å². The summed E-state index contributed by atoms with van der Waals surface area (Å²) in [4.78, 5) is 0. The van der Waals surface area contributed by atoms with Crippen molar-refractivity contribution in [3.05, 3.63) is 29.3 Å². The standard InChI is InChI=1S/C9H8F2O2/c10-5-3-6-8(12)1-2-13-9(6)7(11)4-5/h3-4,8,12H,1-2H2/t8-/m1/s1. The maximum Gasteiger partial charge on any atom is 0.168 e. The van der Waals surface area contributed by atoms with Gasteiger partial charge in [0.25, 0.3) is 0 Å². The van der Waals surface area contributed by atoms with Crippen LogP contribution in [0.25, 0.3) is 0 Å². The molecule has 1 aliphatic heterocycles. The Labute approximate surface area is 73.8 Å². The Hall–Kier alpha value is -1.16. The molecule has 1 N–H and O–H groups in total. The van der Waals surface area contributed by atoms with Gasteiger partial charge in [-0.1, -0.05) is 0 Å². The Bertz CT molecular complexity index is 339. The number of halogens is 2. The van der Waals surface area contributed by atoms with E-state index in [1.807, 2.05) is 0 Å². The topological polar surface area (TPSA) is 29.5 Å². The number of fused-ring (bicyclic) bond motifs is 1. The molecule has 0 aromatic heterocycles.